The fourth-order valence-corrected chi connectivity index (χ4v) is 2.30. The zero-order chi connectivity index (χ0) is 16.8. The second-order valence-electron chi connectivity index (χ2n) is 6.28. The number of rotatable bonds is 13. The molecule has 0 aromatic carbocycles. The summed E-state index contributed by atoms with van der Waals surface area (Å²) < 4.78 is 4.80. The van der Waals surface area contributed by atoms with E-state index in [0.29, 0.717) is 6.42 Å². The van der Waals surface area contributed by atoms with Crippen molar-refractivity contribution >= 4 is 41.5 Å². The predicted molar refractivity (Wildman–Crippen MR) is 96.1 cm³/mol. The third-order valence-electron chi connectivity index (χ3n) is 4.23. The number of hydrogen-bond acceptors (Lipinski definition) is 4. The van der Waals surface area contributed by atoms with Gasteiger partial charge in [0.25, 0.3) is 0 Å². The van der Waals surface area contributed by atoms with Gasteiger partial charge in [-0.2, -0.15) is 0 Å². The topological polar surface area (TPSA) is 69.4 Å². The summed E-state index contributed by atoms with van der Waals surface area (Å²) in [4.78, 5) is 23.2. The molecule has 5 heteroatoms. The van der Waals surface area contributed by atoms with E-state index in [2.05, 4.69) is 6.92 Å². The molecule has 0 fully saturated rings. The van der Waals surface area contributed by atoms with Crippen LogP contribution in [0.4, 0.5) is 0 Å². The minimum absolute atomic E-state index is 0. The van der Waals surface area contributed by atoms with Crippen molar-refractivity contribution in [2.24, 2.45) is 11.7 Å². The zero-order valence-corrected chi connectivity index (χ0v) is 17.7. The van der Waals surface area contributed by atoms with Crippen LogP contribution in [0.2, 0.25) is 0 Å². The van der Waals surface area contributed by atoms with E-state index >= 15 is 0 Å². The molecule has 0 aromatic rings. The molecule has 1 radical (unpaired) electrons. The van der Waals surface area contributed by atoms with Gasteiger partial charge in [-0.3, -0.25) is 4.79 Å². The minimum Gasteiger partial charge on any atom is -0.392 e. The number of unbranched alkanes of at least 4 members (excludes halogenated alkanes) is 8. The van der Waals surface area contributed by atoms with Gasteiger partial charge in [0.15, 0.2) is 0 Å². The van der Waals surface area contributed by atoms with E-state index in [4.69, 9.17) is 10.5 Å². The summed E-state index contributed by atoms with van der Waals surface area (Å²) in [5.74, 6) is -0.991. The van der Waals surface area contributed by atoms with Crippen LogP contribution in [0.25, 0.3) is 0 Å². The van der Waals surface area contributed by atoms with E-state index in [1.165, 1.54) is 38.5 Å². The van der Waals surface area contributed by atoms with Crippen LogP contribution in [-0.4, -0.2) is 47.5 Å². The Balaban J connectivity index is 0. The van der Waals surface area contributed by atoms with Crippen molar-refractivity contribution in [1.29, 1.82) is 0 Å². The summed E-state index contributed by atoms with van der Waals surface area (Å²) >= 11 is 0. The maximum atomic E-state index is 11.6. The largest absolute Gasteiger partial charge is 0.392 e. The van der Waals surface area contributed by atoms with Crippen molar-refractivity contribution in [3.63, 3.8) is 0 Å². The molecule has 0 rings (SSSR count). The van der Waals surface area contributed by atoms with E-state index in [-0.39, 0.29) is 35.5 Å². The molecular formula is C18H35NNaO3. The Morgan fingerprint density at radius 2 is 1.39 bits per heavy atom. The van der Waals surface area contributed by atoms with E-state index in [1.807, 2.05) is 13.8 Å². The first-order valence-corrected chi connectivity index (χ1v) is 9.03. The normalized spacial score (nSPS) is 13.0. The number of ether oxygens (including phenoxy) is 1. The van der Waals surface area contributed by atoms with Gasteiger partial charge in [-0.05, 0) is 12.3 Å². The first-order chi connectivity index (χ1) is 10.5. The van der Waals surface area contributed by atoms with E-state index in [9.17, 15) is 9.59 Å². The average Bonchev–Trinajstić information content (AvgIpc) is 2.51. The maximum Gasteiger partial charge on any atom is 0.330 e. The molecule has 23 heavy (non-hydrogen) atoms. The molecule has 0 heterocycles. The molecule has 0 spiro atoms. The summed E-state index contributed by atoms with van der Waals surface area (Å²) in [6.07, 6.45) is 11.9. The molecule has 0 aliphatic carbocycles. The molecule has 0 unspecified atom stereocenters. The summed E-state index contributed by atoms with van der Waals surface area (Å²) in [5.41, 5.74) is 5.74. The first-order valence-electron chi connectivity index (χ1n) is 9.03. The zero-order valence-electron chi connectivity index (χ0n) is 15.7. The van der Waals surface area contributed by atoms with Gasteiger partial charge in [0.1, 0.15) is 6.04 Å². The van der Waals surface area contributed by atoms with Gasteiger partial charge in [-0.1, -0.05) is 78.6 Å². The number of esters is 2. The summed E-state index contributed by atoms with van der Waals surface area (Å²) in [6, 6.07) is -0.697. The molecule has 0 aromatic heterocycles. The molecule has 4 nitrogen and oxygen atoms in total. The predicted octanol–water partition coefficient (Wildman–Crippen LogP) is 3.97. The van der Waals surface area contributed by atoms with Crippen molar-refractivity contribution in [2.45, 2.75) is 97.4 Å². The molecule has 0 saturated carbocycles. The van der Waals surface area contributed by atoms with Crippen LogP contribution in [0.5, 0.6) is 0 Å². The van der Waals surface area contributed by atoms with Gasteiger partial charge in [0, 0.05) is 36.0 Å². The fraction of sp³-hybridized carbons (Fsp3) is 0.889. The Morgan fingerprint density at radius 3 is 1.87 bits per heavy atom. The quantitative estimate of drug-likeness (QED) is 0.239. The Kier molecular flexibility index (Phi) is 18.7. The molecule has 2 atom stereocenters. The Morgan fingerprint density at radius 1 is 0.913 bits per heavy atom. The molecule has 131 valence electrons. The van der Waals surface area contributed by atoms with Crippen LogP contribution in [0.1, 0.15) is 91.4 Å². The number of carbonyl (C=O) groups is 2. The van der Waals surface area contributed by atoms with E-state index in [0.717, 1.165) is 25.7 Å². The van der Waals surface area contributed by atoms with Gasteiger partial charge in [0.05, 0.1) is 0 Å². The van der Waals surface area contributed by atoms with Gasteiger partial charge < -0.3 is 10.5 Å². The van der Waals surface area contributed by atoms with Crippen molar-refractivity contribution in [3.05, 3.63) is 0 Å². The Hall–Kier alpha value is 0.1000. The molecular weight excluding hydrogens is 301 g/mol. The minimum atomic E-state index is -0.697. The number of carbonyl (C=O) groups excluding carboxylic acids is 2. The van der Waals surface area contributed by atoms with Crippen LogP contribution in [0, 0.1) is 5.92 Å². The maximum absolute atomic E-state index is 11.6. The van der Waals surface area contributed by atoms with Crippen LogP contribution in [0.15, 0.2) is 0 Å². The molecule has 0 aliphatic rings. The SMILES string of the molecule is CCCCCCCCCCCC(=O)OC(=O)[C@@H](N)[C@@H](C)CC.[Na]. The van der Waals surface area contributed by atoms with Gasteiger partial charge in [-0.25, -0.2) is 4.79 Å². The third kappa shape index (κ3) is 14.2. The molecule has 2 N–H and O–H groups in total. The van der Waals surface area contributed by atoms with E-state index in [1.54, 1.807) is 0 Å². The van der Waals surface area contributed by atoms with Crippen molar-refractivity contribution < 1.29 is 14.3 Å². The van der Waals surface area contributed by atoms with Crippen LogP contribution in [0.3, 0.4) is 0 Å². The van der Waals surface area contributed by atoms with Crippen LogP contribution in [-0.2, 0) is 14.3 Å². The monoisotopic (exact) mass is 336 g/mol. The standard InChI is InChI=1S/C18H35NO3.Na/c1-4-6-7-8-9-10-11-12-13-14-16(20)22-18(21)17(19)15(3)5-2;/h15,17H,4-14,19H2,1-3H3;/t15-,17-;/m0./s1. The molecule has 0 aliphatic heterocycles. The van der Waals surface area contributed by atoms with Gasteiger partial charge in [-0.15, -0.1) is 0 Å². The average molecular weight is 336 g/mol. The second kappa shape index (κ2) is 16.9. The summed E-state index contributed by atoms with van der Waals surface area (Å²) in [7, 11) is 0. The number of nitrogens with two attached hydrogens (primary N) is 1. The second-order valence-corrected chi connectivity index (χ2v) is 6.28. The van der Waals surface area contributed by atoms with Crippen molar-refractivity contribution in [3.8, 4) is 0 Å². The first kappa shape index (κ1) is 25.3. The summed E-state index contributed by atoms with van der Waals surface area (Å²) in [5, 5.41) is 0. The molecule has 0 bridgehead atoms. The van der Waals surface area contributed by atoms with Crippen molar-refractivity contribution in [1.82, 2.24) is 0 Å². The Bertz CT molecular complexity index is 311. The van der Waals surface area contributed by atoms with Crippen LogP contribution < -0.4 is 5.73 Å². The number of hydrogen-bond donors (Lipinski definition) is 1. The molecule has 0 amide bonds. The Labute approximate surface area is 164 Å². The molecule has 0 saturated heterocycles. The van der Waals surface area contributed by atoms with E-state index < -0.39 is 18.0 Å². The summed E-state index contributed by atoms with van der Waals surface area (Å²) in [6.45, 7) is 6.07. The third-order valence-corrected chi connectivity index (χ3v) is 4.23. The van der Waals surface area contributed by atoms with Gasteiger partial charge >= 0.3 is 11.9 Å². The van der Waals surface area contributed by atoms with Gasteiger partial charge in [0.2, 0.25) is 0 Å². The van der Waals surface area contributed by atoms with Crippen LogP contribution >= 0.6 is 0 Å². The fourth-order valence-electron chi connectivity index (χ4n) is 2.30. The van der Waals surface area contributed by atoms with Crippen molar-refractivity contribution in [2.75, 3.05) is 0 Å². The smallest absolute Gasteiger partial charge is 0.330 e.